The Balaban J connectivity index is 1.57. The molecular weight excluding hydrogens is 278 g/mol. The molecular formula is C17H19N3O2. The zero-order chi connectivity index (χ0) is 15.4. The van der Waals surface area contributed by atoms with Gasteiger partial charge in [-0.05, 0) is 30.9 Å². The maximum atomic E-state index is 12.0. The molecule has 0 spiro atoms. The smallest absolute Gasteiger partial charge is 0.273 e. The third kappa shape index (κ3) is 3.42. The van der Waals surface area contributed by atoms with Crippen LogP contribution in [-0.4, -0.2) is 16.8 Å². The molecule has 0 saturated heterocycles. The number of rotatable bonds is 3. The van der Waals surface area contributed by atoms with Gasteiger partial charge in [0.1, 0.15) is 5.69 Å². The third-order valence-corrected chi connectivity index (χ3v) is 4.10. The number of hydrogen-bond donors (Lipinski definition) is 2. The summed E-state index contributed by atoms with van der Waals surface area (Å²) in [7, 11) is 0. The Morgan fingerprint density at radius 1 is 1.05 bits per heavy atom. The van der Waals surface area contributed by atoms with Gasteiger partial charge in [-0.1, -0.05) is 37.1 Å². The highest BCUT2D eigenvalue weighted by Crippen LogP contribution is 2.27. The van der Waals surface area contributed by atoms with Crippen molar-refractivity contribution in [2.45, 2.75) is 32.1 Å². The minimum absolute atomic E-state index is 0.138. The van der Waals surface area contributed by atoms with Crippen molar-refractivity contribution in [2.75, 3.05) is 0 Å². The van der Waals surface area contributed by atoms with Gasteiger partial charge in [-0.25, -0.2) is 4.98 Å². The number of carbonyl (C=O) groups is 2. The highest BCUT2D eigenvalue weighted by atomic mass is 16.2. The largest absolute Gasteiger partial charge is 0.288 e. The molecule has 3 rings (SSSR count). The highest BCUT2D eigenvalue weighted by molar-refractivity contribution is 5.95. The molecule has 1 fully saturated rings. The van der Waals surface area contributed by atoms with Crippen molar-refractivity contribution in [2.24, 2.45) is 5.92 Å². The molecule has 0 atom stereocenters. The van der Waals surface area contributed by atoms with Crippen LogP contribution in [0.1, 0.15) is 42.6 Å². The summed E-state index contributed by atoms with van der Waals surface area (Å²) < 4.78 is 0. The average Bonchev–Trinajstić information content (AvgIpc) is 3.05. The van der Waals surface area contributed by atoms with Crippen LogP contribution in [0.2, 0.25) is 0 Å². The summed E-state index contributed by atoms with van der Waals surface area (Å²) in [5, 5.41) is 0.976. The molecule has 1 aromatic heterocycles. The van der Waals surface area contributed by atoms with Crippen LogP contribution in [-0.2, 0) is 4.79 Å². The van der Waals surface area contributed by atoms with Crippen LogP contribution in [0.15, 0.2) is 36.4 Å². The summed E-state index contributed by atoms with van der Waals surface area (Å²) in [5.41, 5.74) is 5.96. The molecule has 5 nitrogen and oxygen atoms in total. The van der Waals surface area contributed by atoms with Crippen molar-refractivity contribution < 1.29 is 9.59 Å². The maximum absolute atomic E-state index is 12.0. The molecule has 22 heavy (non-hydrogen) atoms. The molecule has 0 unspecified atom stereocenters. The van der Waals surface area contributed by atoms with Gasteiger partial charge in [0.25, 0.3) is 5.91 Å². The van der Waals surface area contributed by atoms with Gasteiger partial charge in [-0.3, -0.25) is 20.4 Å². The number of para-hydroxylation sites is 1. The summed E-state index contributed by atoms with van der Waals surface area (Å²) in [6.45, 7) is 0. The molecule has 5 heteroatoms. The Hall–Kier alpha value is -2.43. The second-order valence-electron chi connectivity index (χ2n) is 5.75. The van der Waals surface area contributed by atoms with Crippen molar-refractivity contribution in [1.82, 2.24) is 15.8 Å². The van der Waals surface area contributed by atoms with Crippen molar-refractivity contribution in [3.05, 3.63) is 42.1 Å². The van der Waals surface area contributed by atoms with Gasteiger partial charge in [0.15, 0.2) is 0 Å². The van der Waals surface area contributed by atoms with E-state index < -0.39 is 5.91 Å². The number of amides is 2. The Labute approximate surface area is 129 Å². The van der Waals surface area contributed by atoms with Gasteiger partial charge in [0.05, 0.1) is 5.52 Å². The first kappa shape index (κ1) is 14.5. The molecule has 0 bridgehead atoms. The molecule has 1 aliphatic carbocycles. The molecule has 1 heterocycles. The van der Waals surface area contributed by atoms with E-state index in [1.54, 1.807) is 6.07 Å². The van der Waals surface area contributed by atoms with Crippen LogP contribution in [0.5, 0.6) is 0 Å². The number of hydrogen-bond acceptors (Lipinski definition) is 3. The van der Waals surface area contributed by atoms with Gasteiger partial charge in [0.2, 0.25) is 5.91 Å². The Morgan fingerprint density at radius 3 is 2.64 bits per heavy atom. The second kappa shape index (κ2) is 6.56. The average molecular weight is 297 g/mol. The first-order valence-corrected chi connectivity index (χ1v) is 7.67. The second-order valence-corrected chi connectivity index (χ2v) is 5.75. The van der Waals surface area contributed by atoms with E-state index >= 15 is 0 Å². The van der Waals surface area contributed by atoms with E-state index in [1.165, 1.54) is 12.8 Å². The number of aromatic nitrogens is 1. The summed E-state index contributed by atoms with van der Waals surface area (Å²) in [4.78, 5) is 28.1. The van der Waals surface area contributed by atoms with E-state index in [9.17, 15) is 9.59 Å². The molecule has 2 N–H and O–H groups in total. The first-order chi connectivity index (χ1) is 10.7. The maximum Gasteiger partial charge on any atom is 0.288 e. The number of nitrogens with zero attached hydrogens (tertiary/aromatic N) is 1. The van der Waals surface area contributed by atoms with E-state index in [4.69, 9.17) is 0 Å². The topological polar surface area (TPSA) is 71.1 Å². The summed E-state index contributed by atoms with van der Waals surface area (Å²) in [5.74, 6) is -0.0812. The fraction of sp³-hybridized carbons (Fsp3) is 0.353. The van der Waals surface area contributed by atoms with Gasteiger partial charge in [-0.2, -0.15) is 0 Å². The zero-order valence-corrected chi connectivity index (χ0v) is 12.3. The lowest BCUT2D eigenvalue weighted by Gasteiger charge is -2.10. The van der Waals surface area contributed by atoms with Crippen LogP contribution in [0.3, 0.4) is 0 Å². The van der Waals surface area contributed by atoms with Crippen LogP contribution >= 0.6 is 0 Å². The monoisotopic (exact) mass is 297 g/mol. The molecule has 0 radical (unpaired) electrons. The van der Waals surface area contributed by atoms with Crippen LogP contribution in [0.4, 0.5) is 0 Å². The Kier molecular flexibility index (Phi) is 4.32. The molecule has 2 aromatic rings. The van der Waals surface area contributed by atoms with Crippen molar-refractivity contribution in [3.8, 4) is 0 Å². The first-order valence-electron chi connectivity index (χ1n) is 7.67. The van der Waals surface area contributed by atoms with Crippen molar-refractivity contribution in [3.63, 3.8) is 0 Å². The molecule has 1 saturated carbocycles. The standard InChI is InChI=1S/C17H19N3O2/c21-16(11-12-5-1-2-6-12)19-20-17(22)15-10-9-13-7-3-4-8-14(13)18-15/h3-4,7-10,12H,1-2,5-6,11H2,(H,19,21)(H,20,22). The lowest BCUT2D eigenvalue weighted by atomic mass is 10.0. The molecule has 114 valence electrons. The minimum atomic E-state index is -0.398. The summed E-state index contributed by atoms with van der Waals surface area (Å²) in [6.07, 6.45) is 5.09. The predicted octanol–water partition coefficient (Wildman–Crippen LogP) is 2.58. The van der Waals surface area contributed by atoms with E-state index in [1.807, 2.05) is 30.3 Å². The van der Waals surface area contributed by atoms with Crippen LogP contribution < -0.4 is 10.9 Å². The fourth-order valence-electron chi connectivity index (χ4n) is 2.91. The summed E-state index contributed by atoms with van der Waals surface area (Å²) >= 11 is 0. The van der Waals surface area contributed by atoms with E-state index in [0.29, 0.717) is 18.0 Å². The highest BCUT2D eigenvalue weighted by Gasteiger charge is 2.18. The molecule has 1 aromatic carbocycles. The number of nitrogens with one attached hydrogen (secondary N) is 2. The zero-order valence-electron chi connectivity index (χ0n) is 12.3. The van der Waals surface area contributed by atoms with Crippen LogP contribution in [0, 0.1) is 5.92 Å². The van der Waals surface area contributed by atoms with Crippen molar-refractivity contribution in [1.29, 1.82) is 0 Å². The SMILES string of the molecule is O=C(CC1CCCC1)NNC(=O)c1ccc2ccccc2n1. The van der Waals surface area contributed by atoms with Crippen LogP contribution in [0.25, 0.3) is 10.9 Å². The quantitative estimate of drug-likeness (QED) is 0.855. The lowest BCUT2D eigenvalue weighted by Crippen LogP contribution is -2.42. The Morgan fingerprint density at radius 2 is 1.82 bits per heavy atom. The summed E-state index contributed by atoms with van der Waals surface area (Å²) in [6, 6.07) is 11.1. The van der Waals surface area contributed by atoms with Crippen molar-refractivity contribution >= 4 is 22.7 Å². The molecule has 0 aliphatic heterocycles. The number of pyridine rings is 1. The predicted molar refractivity (Wildman–Crippen MR) is 83.9 cm³/mol. The fourth-order valence-corrected chi connectivity index (χ4v) is 2.91. The third-order valence-electron chi connectivity index (χ3n) is 4.10. The minimum Gasteiger partial charge on any atom is -0.273 e. The number of carbonyl (C=O) groups excluding carboxylic acids is 2. The lowest BCUT2D eigenvalue weighted by molar-refractivity contribution is -0.122. The number of benzene rings is 1. The van der Waals surface area contributed by atoms with E-state index in [-0.39, 0.29) is 5.91 Å². The van der Waals surface area contributed by atoms with Gasteiger partial charge in [-0.15, -0.1) is 0 Å². The van der Waals surface area contributed by atoms with E-state index in [0.717, 1.165) is 23.7 Å². The van der Waals surface area contributed by atoms with E-state index in [2.05, 4.69) is 15.8 Å². The van der Waals surface area contributed by atoms with Gasteiger partial charge in [0, 0.05) is 11.8 Å². The normalized spacial score (nSPS) is 14.9. The number of hydrazine groups is 1. The number of fused-ring (bicyclic) bond motifs is 1. The molecule has 1 aliphatic rings. The molecule has 2 amide bonds. The Bertz CT molecular complexity index is 693. The van der Waals surface area contributed by atoms with Gasteiger partial charge >= 0.3 is 0 Å². The van der Waals surface area contributed by atoms with Gasteiger partial charge < -0.3 is 0 Å².